The van der Waals surface area contributed by atoms with E-state index in [1.807, 2.05) is 25.1 Å². The quantitative estimate of drug-likeness (QED) is 0.899. The zero-order valence-electron chi connectivity index (χ0n) is 11.1. The summed E-state index contributed by atoms with van der Waals surface area (Å²) in [7, 11) is 0. The van der Waals surface area contributed by atoms with E-state index in [-0.39, 0.29) is 0 Å². The van der Waals surface area contributed by atoms with Gasteiger partial charge in [0.05, 0.1) is 17.0 Å². The average Bonchev–Trinajstić information content (AvgIpc) is 2.83. The Labute approximate surface area is 113 Å². The van der Waals surface area contributed by atoms with Crippen LogP contribution in [-0.4, -0.2) is 29.1 Å². The lowest BCUT2D eigenvalue weighted by molar-refractivity contribution is -0.148. The number of rotatable bonds is 4. The lowest BCUT2D eigenvalue weighted by Crippen LogP contribution is -2.33. The first-order valence-electron chi connectivity index (χ1n) is 6.54. The molecule has 2 rings (SSSR count). The highest BCUT2D eigenvalue weighted by Gasteiger charge is 2.42. The molecule has 0 aromatic heterocycles. The standard InChI is InChI=1S/C15H18N2O2/c1-2-15(14(18)19)6-7-17(11-15)10-13-5-3-4-12(8-13)9-16/h3-5,8H,2,6-7,10-11H2,1H3,(H,18,19). The van der Waals surface area contributed by atoms with Crippen LogP contribution in [0.5, 0.6) is 0 Å². The van der Waals surface area contributed by atoms with Gasteiger partial charge in [-0.05, 0) is 37.1 Å². The van der Waals surface area contributed by atoms with Crippen LogP contribution in [0.4, 0.5) is 0 Å². The van der Waals surface area contributed by atoms with Gasteiger partial charge >= 0.3 is 5.97 Å². The summed E-state index contributed by atoms with van der Waals surface area (Å²) in [6, 6.07) is 9.62. The third-order valence-corrected chi connectivity index (χ3v) is 4.03. The van der Waals surface area contributed by atoms with E-state index in [9.17, 15) is 9.90 Å². The van der Waals surface area contributed by atoms with Crippen molar-refractivity contribution in [2.45, 2.75) is 26.3 Å². The minimum Gasteiger partial charge on any atom is -0.481 e. The Bertz CT molecular complexity index is 521. The molecule has 1 fully saturated rings. The van der Waals surface area contributed by atoms with Gasteiger partial charge in [-0.1, -0.05) is 19.1 Å². The van der Waals surface area contributed by atoms with Crippen LogP contribution in [0.2, 0.25) is 0 Å². The fourth-order valence-corrected chi connectivity index (χ4v) is 2.71. The SMILES string of the molecule is CCC1(C(=O)O)CCN(Cc2cccc(C#N)c2)C1. The number of carboxylic acid groups (broad SMARTS) is 1. The van der Waals surface area contributed by atoms with E-state index in [1.165, 1.54) is 0 Å². The van der Waals surface area contributed by atoms with Crippen LogP contribution in [0.15, 0.2) is 24.3 Å². The highest BCUT2D eigenvalue weighted by atomic mass is 16.4. The van der Waals surface area contributed by atoms with Crippen LogP contribution in [0.3, 0.4) is 0 Å². The minimum absolute atomic E-state index is 0.590. The van der Waals surface area contributed by atoms with Crippen LogP contribution in [0, 0.1) is 16.7 Å². The van der Waals surface area contributed by atoms with E-state index in [0.717, 1.165) is 12.1 Å². The molecule has 1 atom stereocenters. The van der Waals surface area contributed by atoms with Gasteiger partial charge < -0.3 is 5.11 Å². The van der Waals surface area contributed by atoms with Crippen molar-refractivity contribution in [2.24, 2.45) is 5.41 Å². The number of aliphatic carboxylic acids is 1. The van der Waals surface area contributed by atoms with Crippen LogP contribution in [0.25, 0.3) is 0 Å². The number of likely N-dealkylation sites (tertiary alicyclic amines) is 1. The number of carbonyl (C=O) groups is 1. The van der Waals surface area contributed by atoms with Crippen molar-refractivity contribution in [1.82, 2.24) is 4.90 Å². The molecule has 4 nitrogen and oxygen atoms in total. The second kappa shape index (κ2) is 5.41. The van der Waals surface area contributed by atoms with Crippen LogP contribution in [0.1, 0.15) is 30.9 Å². The monoisotopic (exact) mass is 258 g/mol. The molecule has 1 N–H and O–H groups in total. The van der Waals surface area contributed by atoms with Gasteiger partial charge in [-0.2, -0.15) is 5.26 Å². The topological polar surface area (TPSA) is 64.3 Å². The Morgan fingerprint density at radius 3 is 2.95 bits per heavy atom. The number of nitriles is 1. The number of nitrogens with zero attached hydrogens (tertiary/aromatic N) is 2. The molecule has 100 valence electrons. The van der Waals surface area contributed by atoms with Crippen molar-refractivity contribution >= 4 is 5.97 Å². The molecule has 19 heavy (non-hydrogen) atoms. The molecular formula is C15H18N2O2. The molecule has 1 saturated heterocycles. The van der Waals surface area contributed by atoms with E-state index >= 15 is 0 Å². The van der Waals surface area contributed by atoms with E-state index < -0.39 is 11.4 Å². The van der Waals surface area contributed by atoms with Gasteiger partial charge in [0.15, 0.2) is 0 Å². The van der Waals surface area contributed by atoms with E-state index in [2.05, 4.69) is 11.0 Å². The van der Waals surface area contributed by atoms with Crippen molar-refractivity contribution in [3.05, 3.63) is 35.4 Å². The zero-order valence-corrected chi connectivity index (χ0v) is 11.1. The maximum Gasteiger partial charge on any atom is 0.310 e. The number of carboxylic acids is 1. The fraction of sp³-hybridized carbons (Fsp3) is 0.467. The van der Waals surface area contributed by atoms with Crippen molar-refractivity contribution in [2.75, 3.05) is 13.1 Å². The van der Waals surface area contributed by atoms with Crippen molar-refractivity contribution in [1.29, 1.82) is 5.26 Å². The van der Waals surface area contributed by atoms with Gasteiger partial charge in [0.1, 0.15) is 0 Å². The maximum absolute atomic E-state index is 11.4. The summed E-state index contributed by atoms with van der Waals surface area (Å²) in [5, 5.41) is 18.2. The second-order valence-corrected chi connectivity index (χ2v) is 5.21. The highest BCUT2D eigenvalue weighted by molar-refractivity contribution is 5.75. The molecule has 0 amide bonds. The average molecular weight is 258 g/mol. The molecule has 1 heterocycles. The van der Waals surface area contributed by atoms with Crippen molar-refractivity contribution in [3.8, 4) is 6.07 Å². The molecule has 0 spiro atoms. The Hall–Kier alpha value is -1.86. The first kappa shape index (κ1) is 13.6. The van der Waals surface area contributed by atoms with E-state index in [0.29, 0.717) is 31.5 Å². The first-order chi connectivity index (χ1) is 9.09. The lowest BCUT2D eigenvalue weighted by atomic mass is 9.84. The molecule has 4 heteroatoms. The van der Waals surface area contributed by atoms with Gasteiger partial charge in [-0.25, -0.2) is 0 Å². The molecule has 0 radical (unpaired) electrons. The predicted molar refractivity (Wildman–Crippen MR) is 71.4 cm³/mol. The molecule has 1 aliphatic rings. The Kier molecular flexibility index (Phi) is 3.87. The van der Waals surface area contributed by atoms with Crippen LogP contribution in [-0.2, 0) is 11.3 Å². The second-order valence-electron chi connectivity index (χ2n) is 5.21. The summed E-state index contributed by atoms with van der Waals surface area (Å²) in [6.07, 6.45) is 1.37. The van der Waals surface area contributed by atoms with Gasteiger partial charge in [0.25, 0.3) is 0 Å². The maximum atomic E-state index is 11.4. The summed E-state index contributed by atoms with van der Waals surface area (Å²) in [5.41, 5.74) is 1.13. The minimum atomic E-state index is -0.691. The number of hydrogen-bond donors (Lipinski definition) is 1. The summed E-state index contributed by atoms with van der Waals surface area (Å²) in [4.78, 5) is 13.5. The summed E-state index contributed by atoms with van der Waals surface area (Å²) >= 11 is 0. The van der Waals surface area contributed by atoms with E-state index in [1.54, 1.807) is 6.07 Å². The van der Waals surface area contributed by atoms with Gasteiger partial charge in [0.2, 0.25) is 0 Å². The third kappa shape index (κ3) is 2.77. The molecule has 1 aliphatic heterocycles. The summed E-state index contributed by atoms with van der Waals surface area (Å²) in [5.74, 6) is -0.691. The largest absolute Gasteiger partial charge is 0.481 e. The third-order valence-electron chi connectivity index (χ3n) is 4.03. The Morgan fingerprint density at radius 2 is 2.37 bits per heavy atom. The molecule has 1 unspecified atom stereocenters. The fourth-order valence-electron chi connectivity index (χ4n) is 2.71. The molecule has 0 saturated carbocycles. The van der Waals surface area contributed by atoms with Crippen LogP contribution < -0.4 is 0 Å². The highest BCUT2D eigenvalue weighted by Crippen LogP contribution is 2.34. The lowest BCUT2D eigenvalue weighted by Gasteiger charge is -2.23. The predicted octanol–water partition coefficient (Wildman–Crippen LogP) is 2.24. The van der Waals surface area contributed by atoms with Crippen molar-refractivity contribution < 1.29 is 9.90 Å². The van der Waals surface area contributed by atoms with Crippen molar-refractivity contribution in [3.63, 3.8) is 0 Å². The Morgan fingerprint density at radius 1 is 1.58 bits per heavy atom. The van der Waals surface area contributed by atoms with Gasteiger partial charge in [0, 0.05) is 13.1 Å². The van der Waals surface area contributed by atoms with E-state index in [4.69, 9.17) is 5.26 Å². The molecule has 0 aliphatic carbocycles. The zero-order chi connectivity index (χ0) is 13.9. The Balaban J connectivity index is 2.06. The smallest absolute Gasteiger partial charge is 0.310 e. The molecule has 1 aromatic rings. The van der Waals surface area contributed by atoms with Crippen LogP contribution >= 0.6 is 0 Å². The van der Waals surface area contributed by atoms with Gasteiger partial charge in [-0.15, -0.1) is 0 Å². The normalized spacial score (nSPS) is 23.2. The summed E-state index contributed by atoms with van der Waals surface area (Å²) in [6.45, 7) is 4.05. The number of benzene rings is 1. The number of hydrogen-bond acceptors (Lipinski definition) is 3. The summed E-state index contributed by atoms with van der Waals surface area (Å²) < 4.78 is 0. The van der Waals surface area contributed by atoms with Gasteiger partial charge in [-0.3, -0.25) is 9.69 Å². The first-order valence-corrected chi connectivity index (χ1v) is 6.54. The molecular weight excluding hydrogens is 240 g/mol. The molecule has 1 aromatic carbocycles. The molecule has 0 bridgehead atoms.